The third-order valence-electron chi connectivity index (χ3n) is 3.30. The molecule has 0 unspecified atom stereocenters. The molecule has 1 fully saturated rings. The minimum absolute atomic E-state index is 0.134. The molecule has 0 aromatic carbocycles. The Morgan fingerprint density at radius 1 is 1.27 bits per heavy atom. The average molecular weight is 232 g/mol. The first-order valence-electron chi connectivity index (χ1n) is 5.55. The number of carbonyl (C=O) groups excluding carboxylic acids is 1. The molecule has 0 bridgehead atoms. The molecule has 0 aromatic heterocycles. The highest BCUT2D eigenvalue weighted by Crippen LogP contribution is 2.39. The molecule has 0 aliphatic heterocycles. The van der Waals surface area contributed by atoms with E-state index in [1.807, 2.05) is 6.92 Å². The van der Waals surface area contributed by atoms with Crippen LogP contribution < -0.4 is 0 Å². The van der Waals surface area contributed by atoms with Crippen LogP contribution in [-0.4, -0.2) is 26.2 Å². The van der Waals surface area contributed by atoms with Gasteiger partial charge < -0.3 is 0 Å². The van der Waals surface area contributed by atoms with Gasteiger partial charge in [-0.3, -0.25) is 4.79 Å². The zero-order valence-electron chi connectivity index (χ0n) is 9.58. The van der Waals surface area contributed by atoms with E-state index in [9.17, 15) is 13.2 Å². The van der Waals surface area contributed by atoms with E-state index in [1.54, 1.807) is 0 Å². The van der Waals surface area contributed by atoms with Crippen molar-refractivity contribution in [2.24, 2.45) is 5.41 Å². The number of ketones is 1. The fourth-order valence-electron chi connectivity index (χ4n) is 2.23. The number of rotatable bonds is 5. The van der Waals surface area contributed by atoms with Gasteiger partial charge in [-0.2, -0.15) is 0 Å². The van der Waals surface area contributed by atoms with E-state index in [2.05, 4.69) is 0 Å². The molecule has 0 aromatic rings. The van der Waals surface area contributed by atoms with Crippen molar-refractivity contribution in [3.8, 4) is 0 Å². The maximum absolute atomic E-state index is 11.9. The molecule has 0 N–H and O–H groups in total. The van der Waals surface area contributed by atoms with E-state index < -0.39 is 9.84 Å². The Labute approximate surface area is 92.2 Å². The summed E-state index contributed by atoms with van der Waals surface area (Å²) in [5.74, 6) is 0.387. The van der Waals surface area contributed by atoms with Crippen LogP contribution in [-0.2, 0) is 14.6 Å². The van der Waals surface area contributed by atoms with Gasteiger partial charge >= 0.3 is 0 Å². The van der Waals surface area contributed by atoms with Gasteiger partial charge in [0.15, 0.2) is 0 Å². The second-order valence-corrected chi connectivity index (χ2v) is 7.18. The van der Waals surface area contributed by atoms with Crippen LogP contribution in [0.5, 0.6) is 0 Å². The van der Waals surface area contributed by atoms with Gasteiger partial charge in [-0.25, -0.2) is 8.42 Å². The molecule has 1 aliphatic rings. The largest absolute Gasteiger partial charge is 0.299 e. The van der Waals surface area contributed by atoms with Crippen molar-refractivity contribution >= 4 is 15.6 Å². The lowest BCUT2D eigenvalue weighted by Crippen LogP contribution is -2.24. The van der Waals surface area contributed by atoms with E-state index in [1.165, 1.54) is 6.26 Å². The van der Waals surface area contributed by atoms with E-state index >= 15 is 0 Å². The summed E-state index contributed by atoms with van der Waals surface area (Å²) in [4.78, 5) is 11.9. The van der Waals surface area contributed by atoms with Crippen LogP contribution >= 0.6 is 0 Å². The van der Waals surface area contributed by atoms with E-state index in [4.69, 9.17) is 0 Å². The molecule has 4 heteroatoms. The predicted molar refractivity (Wildman–Crippen MR) is 60.5 cm³/mol. The molecular formula is C11H20O3S. The van der Waals surface area contributed by atoms with Crippen LogP contribution in [0.15, 0.2) is 0 Å². The van der Waals surface area contributed by atoms with Crippen LogP contribution in [0, 0.1) is 5.41 Å². The second kappa shape index (κ2) is 4.64. The normalized spacial score (nSPS) is 20.4. The average Bonchev–Trinajstić information content (AvgIpc) is 2.51. The maximum Gasteiger partial charge on any atom is 0.147 e. The third kappa shape index (κ3) is 3.93. The highest BCUT2D eigenvalue weighted by atomic mass is 32.2. The molecule has 15 heavy (non-hydrogen) atoms. The first-order valence-corrected chi connectivity index (χ1v) is 7.61. The number of hydrogen-bond donors (Lipinski definition) is 0. The lowest BCUT2D eigenvalue weighted by Gasteiger charge is -2.21. The van der Waals surface area contributed by atoms with E-state index in [0.29, 0.717) is 12.8 Å². The zero-order valence-corrected chi connectivity index (χ0v) is 10.4. The van der Waals surface area contributed by atoms with Crippen molar-refractivity contribution in [1.29, 1.82) is 0 Å². The first kappa shape index (κ1) is 12.7. The van der Waals surface area contributed by atoms with Gasteiger partial charge in [0.2, 0.25) is 0 Å². The topological polar surface area (TPSA) is 51.2 Å². The number of Topliss-reactive ketones (excluding diaryl/α,β-unsaturated/α-hetero) is 1. The number of hydrogen-bond acceptors (Lipinski definition) is 3. The fourth-order valence-corrected chi connectivity index (χ4v) is 2.90. The summed E-state index contributed by atoms with van der Waals surface area (Å²) < 4.78 is 21.8. The Morgan fingerprint density at radius 2 is 1.80 bits per heavy atom. The molecule has 0 spiro atoms. The van der Waals surface area contributed by atoms with Gasteiger partial charge in [-0.1, -0.05) is 19.8 Å². The molecular weight excluding hydrogens is 212 g/mol. The van der Waals surface area contributed by atoms with Crippen molar-refractivity contribution in [2.75, 3.05) is 12.0 Å². The molecule has 88 valence electrons. The smallest absolute Gasteiger partial charge is 0.147 e. The Kier molecular flexibility index (Phi) is 3.93. The Bertz CT molecular complexity index is 324. The van der Waals surface area contributed by atoms with Crippen LogP contribution in [0.25, 0.3) is 0 Å². The second-order valence-electron chi connectivity index (χ2n) is 4.92. The van der Waals surface area contributed by atoms with Gasteiger partial charge in [0.05, 0.1) is 5.75 Å². The summed E-state index contributed by atoms with van der Waals surface area (Å²) in [6, 6.07) is 0. The molecule has 1 aliphatic carbocycles. The summed E-state index contributed by atoms with van der Waals surface area (Å²) in [5.41, 5.74) is -0.155. The fraction of sp³-hybridized carbons (Fsp3) is 0.909. The van der Waals surface area contributed by atoms with Crippen molar-refractivity contribution in [1.82, 2.24) is 0 Å². The molecule has 3 nitrogen and oxygen atoms in total. The lowest BCUT2D eigenvalue weighted by molar-refractivity contribution is -0.127. The van der Waals surface area contributed by atoms with Crippen molar-refractivity contribution in [2.45, 2.75) is 45.4 Å². The summed E-state index contributed by atoms with van der Waals surface area (Å²) in [5, 5.41) is 0. The predicted octanol–water partition coefficient (Wildman–Crippen LogP) is 1.96. The SMILES string of the molecule is CC1(C(=O)CCCS(C)(=O)=O)CCCC1. The Hall–Kier alpha value is -0.380. The quantitative estimate of drug-likeness (QED) is 0.728. The van der Waals surface area contributed by atoms with Gasteiger partial charge in [0, 0.05) is 18.1 Å². The van der Waals surface area contributed by atoms with E-state index in [-0.39, 0.29) is 17.0 Å². The molecule has 0 amide bonds. The summed E-state index contributed by atoms with van der Waals surface area (Å²) in [6.45, 7) is 2.02. The highest BCUT2D eigenvalue weighted by Gasteiger charge is 2.35. The van der Waals surface area contributed by atoms with Crippen molar-refractivity contribution in [3.05, 3.63) is 0 Å². The zero-order chi connectivity index (χ0) is 11.5. The van der Waals surface area contributed by atoms with Gasteiger partial charge in [0.1, 0.15) is 15.6 Å². The molecule has 0 heterocycles. The van der Waals surface area contributed by atoms with Crippen molar-refractivity contribution < 1.29 is 13.2 Å². The summed E-state index contributed by atoms with van der Waals surface area (Å²) in [7, 11) is -2.92. The van der Waals surface area contributed by atoms with Crippen LogP contribution in [0.4, 0.5) is 0 Å². The third-order valence-corrected chi connectivity index (χ3v) is 4.33. The molecule has 1 saturated carbocycles. The van der Waals surface area contributed by atoms with Gasteiger partial charge in [-0.05, 0) is 19.3 Å². The number of carbonyl (C=O) groups is 1. The number of sulfone groups is 1. The highest BCUT2D eigenvalue weighted by molar-refractivity contribution is 7.90. The molecule has 0 radical (unpaired) electrons. The summed E-state index contributed by atoms with van der Waals surface area (Å²) >= 11 is 0. The van der Waals surface area contributed by atoms with Gasteiger partial charge in [-0.15, -0.1) is 0 Å². The summed E-state index contributed by atoms with van der Waals surface area (Å²) in [6.07, 6.45) is 6.34. The van der Waals surface area contributed by atoms with Crippen LogP contribution in [0.3, 0.4) is 0 Å². The first-order chi connectivity index (χ1) is 6.83. The molecule has 0 atom stereocenters. The monoisotopic (exact) mass is 232 g/mol. The Morgan fingerprint density at radius 3 is 2.27 bits per heavy atom. The van der Waals surface area contributed by atoms with Gasteiger partial charge in [0.25, 0.3) is 0 Å². The minimum Gasteiger partial charge on any atom is -0.299 e. The van der Waals surface area contributed by atoms with Crippen LogP contribution in [0.1, 0.15) is 45.4 Å². The molecule has 0 saturated heterocycles. The molecule has 1 rings (SSSR count). The van der Waals surface area contributed by atoms with Crippen LogP contribution in [0.2, 0.25) is 0 Å². The standard InChI is InChI=1S/C11H20O3S/c1-11(7-3-4-8-11)10(12)6-5-9-15(2,13)14/h3-9H2,1-2H3. The Balaban J connectivity index is 2.36. The maximum atomic E-state index is 11.9. The van der Waals surface area contributed by atoms with Crippen molar-refractivity contribution in [3.63, 3.8) is 0 Å². The minimum atomic E-state index is -2.92. The van der Waals surface area contributed by atoms with E-state index in [0.717, 1.165) is 25.7 Å². The lowest BCUT2D eigenvalue weighted by atomic mass is 9.82.